The van der Waals surface area contributed by atoms with Gasteiger partial charge in [0, 0.05) is 6.08 Å². The van der Waals surface area contributed by atoms with Crippen LogP contribution in [0.1, 0.15) is 85.5 Å². The van der Waals surface area contributed by atoms with Crippen molar-refractivity contribution in [2.24, 2.45) is 40.4 Å². The number of fused-ring (bicyclic) bond motifs is 5. The Morgan fingerprint density at radius 1 is 0.783 bits per heavy atom. The van der Waals surface area contributed by atoms with Crippen LogP contribution in [0, 0.1) is 40.4 Å². The molecule has 0 bridgehead atoms. The second-order valence-corrected chi connectivity index (χ2v) is 16.4. The Morgan fingerprint density at radius 2 is 1.48 bits per heavy atom. The summed E-state index contributed by atoms with van der Waals surface area (Å²) in [5.41, 5.74) is 1.48. The molecule has 0 aromatic carbocycles. The molecule has 3 aliphatic heterocycles. The Bertz CT molecular complexity index is 1210. The molecule has 0 unspecified atom stereocenters. The fraction of sp³-hybridized carbons (Fsp3) is 0.914. The van der Waals surface area contributed by atoms with E-state index in [4.69, 9.17) is 18.9 Å². The lowest BCUT2D eigenvalue weighted by Gasteiger charge is -2.62. The second-order valence-electron chi connectivity index (χ2n) is 16.4. The Labute approximate surface area is 271 Å². The maximum absolute atomic E-state index is 11.9. The van der Waals surface area contributed by atoms with Crippen molar-refractivity contribution in [2.75, 3.05) is 6.61 Å². The summed E-state index contributed by atoms with van der Waals surface area (Å²) in [6.45, 7) is 8.45. The number of aliphatic hydroxyl groups excluding tert-OH is 6. The standard InChI is InChI=1S/C35H54O11/c1-16-26(37)28(39)30(41)32(44-16)35(31(42)29(40)27(38)17(2)45-35)46-20-9-11-33(3)19(14-20)5-6-21-23-8-7-22(18-13-25(36)43-15-18)34(23,4)12-10-24(21)33/h13,16-17,19-24,26-32,37-42H,5-12,14-15H2,1-4H3/t16-,17-,19+,20-,21-,22+,23-,24-,26-,27-,28+,29+,30+,31+,32+,33-,34+,35+/m0/s1. The van der Waals surface area contributed by atoms with Crippen molar-refractivity contribution in [3.8, 4) is 0 Å². The van der Waals surface area contributed by atoms with Gasteiger partial charge in [0.05, 0.1) is 18.3 Å². The van der Waals surface area contributed by atoms with Crippen molar-refractivity contribution >= 4 is 5.97 Å². The summed E-state index contributed by atoms with van der Waals surface area (Å²) in [6, 6.07) is 0. The van der Waals surface area contributed by atoms with Crippen LogP contribution in [0.5, 0.6) is 0 Å². The lowest BCUT2D eigenvalue weighted by Crippen LogP contribution is -2.75. The molecule has 46 heavy (non-hydrogen) atoms. The third-order valence-corrected chi connectivity index (χ3v) is 14.3. The van der Waals surface area contributed by atoms with E-state index in [1.807, 2.05) is 0 Å². The molecule has 0 amide bonds. The van der Waals surface area contributed by atoms with Crippen molar-refractivity contribution in [1.82, 2.24) is 0 Å². The summed E-state index contributed by atoms with van der Waals surface area (Å²) < 4.78 is 24.2. The van der Waals surface area contributed by atoms with E-state index in [9.17, 15) is 35.4 Å². The SMILES string of the molecule is C[C@@H]1O[C@@H]([C@@]2(O[C@H]3CC[C@@]4(C)[C@H](CC[C@@H]5[C@@H]4CC[C@]4(C)[C@@H](C6=CC(=O)OC6)CC[C@@H]54)C3)O[C@@H](C)[C@H](O)[C@@H](O)[C@H]2O)[C@H](O)[C@H](O)[C@H]1O. The first-order valence-electron chi connectivity index (χ1n) is 17.7. The van der Waals surface area contributed by atoms with E-state index in [1.165, 1.54) is 12.0 Å². The van der Waals surface area contributed by atoms with Gasteiger partial charge in [-0.25, -0.2) is 4.79 Å². The smallest absolute Gasteiger partial charge is 0.331 e. The van der Waals surface area contributed by atoms with Gasteiger partial charge in [-0.05, 0) is 118 Å². The number of carbonyl (C=O) groups excluding carboxylic acids is 1. The van der Waals surface area contributed by atoms with Crippen molar-refractivity contribution < 1.29 is 54.4 Å². The average Bonchev–Trinajstić information content (AvgIpc) is 3.61. The number of hydrogen-bond donors (Lipinski definition) is 6. The van der Waals surface area contributed by atoms with E-state index < -0.39 is 60.7 Å². The highest BCUT2D eigenvalue weighted by Gasteiger charge is 2.65. The fourth-order valence-corrected chi connectivity index (χ4v) is 11.7. The number of ether oxygens (including phenoxy) is 4. The molecule has 7 aliphatic rings. The van der Waals surface area contributed by atoms with E-state index in [0.29, 0.717) is 49.0 Å². The van der Waals surface area contributed by atoms with Gasteiger partial charge in [0.1, 0.15) is 49.3 Å². The molecule has 260 valence electrons. The molecule has 6 fully saturated rings. The largest absolute Gasteiger partial charge is 0.458 e. The van der Waals surface area contributed by atoms with Gasteiger partial charge >= 0.3 is 5.97 Å². The van der Waals surface area contributed by atoms with Crippen molar-refractivity contribution in [1.29, 1.82) is 0 Å². The van der Waals surface area contributed by atoms with Crippen molar-refractivity contribution in [2.45, 2.75) is 152 Å². The van der Waals surface area contributed by atoms with Crippen LogP contribution in [0.3, 0.4) is 0 Å². The number of carbonyl (C=O) groups is 1. The highest BCUT2D eigenvalue weighted by molar-refractivity contribution is 5.85. The molecular weight excluding hydrogens is 596 g/mol. The van der Waals surface area contributed by atoms with Crippen molar-refractivity contribution in [3.05, 3.63) is 11.6 Å². The molecular formula is C35H54O11. The molecule has 4 aliphatic carbocycles. The minimum atomic E-state index is -2.08. The molecule has 0 aromatic rings. The number of cyclic esters (lactones) is 1. The molecule has 0 spiro atoms. The van der Waals surface area contributed by atoms with Gasteiger partial charge in [0.15, 0.2) is 0 Å². The lowest BCUT2D eigenvalue weighted by molar-refractivity contribution is -0.424. The number of hydrogen-bond acceptors (Lipinski definition) is 11. The quantitative estimate of drug-likeness (QED) is 0.193. The Balaban J connectivity index is 1.11. The van der Waals surface area contributed by atoms with Crippen LogP contribution in [0.25, 0.3) is 0 Å². The third-order valence-electron chi connectivity index (χ3n) is 14.3. The minimum Gasteiger partial charge on any atom is -0.458 e. The summed E-state index contributed by atoms with van der Waals surface area (Å²) in [4.78, 5) is 11.9. The molecule has 18 atom stereocenters. The molecule has 7 rings (SSSR count). The van der Waals surface area contributed by atoms with Crippen LogP contribution >= 0.6 is 0 Å². The maximum atomic E-state index is 11.9. The summed E-state index contributed by atoms with van der Waals surface area (Å²) in [6.07, 6.45) is -2.26. The lowest BCUT2D eigenvalue weighted by atomic mass is 9.44. The van der Waals surface area contributed by atoms with Gasteiger partial charge in [0.25, 0.3) is 0 Å². The van der Waals surface area contributed by atoms with Crippen LogP contribution in [-0.2, 0) is 23.7 Å². The minimum absolute atomic E-state index is 0.117. The van der Waals surface area contributed by atoms with Gasteiger partial charge in [-0.1, -0.05) is 13.8 Å². The average molecular weight is 651 g/mol. The first kappa shape index (κ1) is 33.4. The first-order valence-corrected chi connectivity index (χ1v) is 17.7. The van der Waals surface area contributed by atoms with Crippen LogP contribution in [-0.4, -0.2) is 110 Å². The van der Waals surface area contributed by atoms with Gasteiger partial charge in [-0.15, -0.1) is 0 Å². The Morgan fingerprint density at radius 3 is 2.20 bits per heavy atom. The molecule has 0 aromatic heterocycles. The number of aliphatic hydroxyl groups is 6. The molecule has 3 heterocycles. The predicted octanol–water partition coefficient (Wildman–Crippen LogP) is 1.58. The Kier molecular flexibility index (Phi) is 8.50. The van der Waals surface area contributed by atoms with E-state index in [2.05, 4.69) is 13.8 Å². The first-order chi connectivity index (χ1) is 21.7. The second kappa shape index (κ2) is 11.7. The summed E-state index contributed by atoms with van der Waals surface area (Å²) in [5, 5.41) is 65.0. The summed E-state index contributed by atoms with van der Waals surface area (Å²) >= 11 is 0. The van der Waals surface area contributed by atoms with E-state index in [0.717, 1.165) is 38.5 Å². The molecule has 11 heteroatoms. The zero-order chi connectivity index (χ0) is 32.9. The maximum Gasteiger partial charge on any atom is 0.331 e. The van der Waals surface area contributed by atoms with E-state index in [1.54, 1.807) is 19.9 Å². The highest BCUT2D eigenvalue weighted by atomic mass is 16.7. The zero-order valence-corrected chi connectivity index (χ0v) is 27.5. The third kappa shape index (κ3) is 4.89. The normalized spacial score (nSPS) is 57.2. The van der Waals surface area contributed by atoms with Crippen LogP contribution in [0.4, 0.5) is 0 Å². The van der Waals surface area contributed by atoms with E-state index in [-0.39, 0.29) is 22.9 Å². The molecule has 2 saturated heterocycles. The zero-order valence-electron chi connectivity index (χ0n) is 27.5. The Hall–Kier alpha value is -1.15. The summed E-state index contributed by atoms with van der Waals surface area (Å²) in [5.74, 6) is 0.339. The van der Waals surface area contributed by atoms with Crippen LogP contribution in [0.15, 0.2) is 11.6 Å². The number of esters is 1. The van der Waals surface area contributed by atoms with E-state index >= 15 is 0 Å². The number of rotatable bonds is 4. The monoisotopic (exact) mass is 650 g/mol. The summed E-state index contributed by atoms with van der Waals surface area (Å²) in [7, 11) is 0. The van der Waals surface area contributed by atoms with Gasteiger partial charge < -0.3 is 49.6 Å². The molecule has 4 saturated carbocycles. The molecule has 0 radical (unpaired) electrons. The predicted molar refractivity (Wildman–Crippen MR) is 163 cm³/mol. The van der Waals surface area contributed by atoms with Crippen LogP contribution < -0.4 is 0 Å². The molecule has 6 N–H and O–H groups in total. The van der Waals surface area contributed by atoms with Gasteiger partial charge in [-0.2, -0.15) is 0 Å². The highest BCUT2D eigenvalue weighted by Crippen LogP contribution is 2.68. The van der Waals surface area contributed by atoms with Crippen molar-refractivity contribution in [3.63, 3.8) is 0 Å². The van der Waals surface area contributed by atoms with Crippen LogP contribution in [0.2, 0.25) is 0 Å². The molecule has 11 nitrogen and oxygen atoms in total. The topological polar surface area (TPSA) is 175 Å². The van der Waals surface area contributed by atoms with Gasteiger partial charge in [0.2, 0.25) is 5.79 Å². The van der Waals surface area contributed by atoms with Gasteiger partial charge in [-0.3, -0.25) is 0 Å². The fourth-order valence-electron chi connectivity index (χ4n) is 11.7.